The molecular weight excluding hydrogens is 262 g/mol. The fourth-order valence-corrected chi connectivity index (χ4v) is 2.35. The summed E-state index contributed by atoms with van der Waals surface area (Å²) in [7, 11) is -2.05. The Morgan fingerprint density at radius 2 is 2.00 bits per heavy atom. The highest BCUT2D eigenvalue weighted by atomic mass is 35.5. The number of hydrogen-bond donors (Lipinski definition) is 2. The van der Waals surface area contributed by atoms with Gasteiger partial charge in [0.05, 0.1) is 16.4 Å². The SMILES string of the molecule is CC(C)N(C)S(=O)(=O)Nc1ccc(Cl)c(N)c1. The standard InChI is InChI=1S/C10H16ClN3O2S/c1-7(2)14(3)17(15,16)13-8-4-5-9(11)10(12)6-8/h4-7,13H,12H2,1-3H3. The molecule has 0 aliphatic carbocycles. The molecule has 0 radical (unpaired) electrons. The van der Waals surface area contributed by atoms with Crippen LogP contribution in [0.5, 0.6) is 0 Å². The fourth-order valence-electron chi connectivity index (χ4n) is 1.11. The van der Waals surface area contributed by atoms with Crippen LogP contribution in [0.25, 0.3) is 0 Å². The molecule has 5 nitrogen and oxygen atoms in total. The van der Waals surface area contributed by atoms with E-state index in [1.807, 2.05) is 0 Å². The summed E-state index contributed by atoms with van der Waals surface area (Å²) in [6.45, 7) is 3.57. The Morgan fingerprint density at radius 1 is 1.41 bits per heavy atom. The zero-order valence-corrected chi connectivity index (χ0v) is 11.5. The lowest BCUT2D eigenvalue weighted by Gasteiger charge is -2.21. The van der Waals surface area contributed by atoms with Crippen molar-refractivity contribution in [3.8, 4) is 0 Å². The smallest absolute Gasteiger partial charge is 0.301 e. The Bertz CT molecular complexity index is 502. The first kappa shape index (κ1) is 14.1. The van der Waals surface area contributed by atoms with Crippen LogP contribution in [0.3, 0.4) is 0 Å². The van der Waals surface area contributed by atoms with Gasteiger partial charge < -0.3 is 5.73 Å². The summed E-state index contributed by atoms with van der Waals surface area (Å²) in [5.74, 6) is 0. The first-order valence-electron chi connectivity index (χ1n) is 5.05. The van der Waals surface area contributed by atoms with Crippen molar-refractivity contribution in [2.24, 2.45) is 0 Å². The molecule has 0 spiro atoms. The highest BCUT2D eigenvalue weighted by Crippen LogP contribution is 2.23. The molecule has 0 bridgehead atoms. The van der Waals surface area contributed by atoms with E-state index in [0.717, 1.165) is 0 Å². The molecule has 0 saturated heterocycles. The molecule has 0 saturated carbocycles. The lowest BCUT2D eigenvalue weighted by Crippen LogP contribution is -2.37. The van der Waals surface area contributed by atoms with Gasteiger partial charge in [0.25, 0.3) is 0 Å². The summed E-state index contributed by atoms with van der Waals surface area (Å²) in [6.07, 6.45) is 0. The lowest BCUT2D eigenvalue weighted by atomic mass is 10.3. The first-order chi connectivity index (χ1) is 7.74. The second-order valence-corrected chi connectivity index (χ2v) is 6.09. The number of nitrogens with one attached hydrogen (secondary N) is 1. The van der Waals surface area contributed by atoms with E-state index in [9.17, 15) is 8.42 Å². The van der Waals surface area contributed by atoms with Crippen molar-refractivity contribution in [3.63, 3.8) is 0 Å². The van der Waals surface area contributed by atoms with Crippen molar-refractivity contribution in [2.75, 3.05) is 17.5 Å². The van der Waals surface area contributed by atoms with Crippen molar-refractivity contribution in [2.45, 2.75) is 19.9 Å². The van der Waals surface area contributed by atoms with Crippen LogP contribution in [0.4, 0.5) is 11.4 Å². The summed E-state index contributed by atoms with van der Waals surface area (Å²) >= 11 is 5.75. The molecule has 0 heterocycles. The molecule has 1 rings (SSSR count). The summed E-state index contributed by atoms with van der Waals surface area (Å²) in [5.41, 5.74) is 6.32. The van der Waals surface area contributed by atoms with Gasteiger partial charge in [-0.15, -0.1) is 0 Å². The van der Waals surface area contributed by atoms with E-state index < -0.39 is 10.2 Å². The molecule has 17 heavy (non-hydrogen) atoms. The summed E-state index contributed by atoms with van der Waals surface area (Å²) in [4.78, 5) is 0. The quantitative estimate of drug-likeness (QED) is 0.826. The Balaban J connectivity index is 2.94. The normalized spacial score (nSPS) is 12.1. The predicted molar refractivity (Wildman–Crippen MR) is 71.3 cm³/mol. The average molecular weight is 278 g/mol. The number of anilines is 2. The fraction of sp³-hybridized carbons (Fsp3) is 0.400. The summed E-state index contributed by atoms with van der Waals surface area (Å²) in [6, 6.07) is 4.46. The van der Waals surface area contributed by atoms with Crippen LogP contribution in [0.1, 0.15) is 13.8 Å². The topological polar surface area (TPSA) is 75.4 Å². The Morgan fingerprint density at radius 3 is 2.47 bits per heavy atom. The third-order valence-corrected chi connectivity index (χ3v) is 4.37. The van der Waals surface area contributed by atoms with Gasteiger partial charge in [-0.05, 0) is 32.0 Å². The zero-order valence-electron chi connectivity index (χ0n) is 9.94. The minimum atomic E-state index is -3.56. The van der Waals surface area contributed by atoms with Crippen LogP contribution in [0.2, 0.25) is 5.02 Å². The maximum atomic E-state index is 11.9. The van der Waals surface area contributed by atoms with Gasteiger partial charge in [-0.2, -0.15) is 12.7 Å². The highest BCUT2D eigenvalue weighted by molar-refractivity contribution is 7.90. The lowest BCUT2D eigenvalue weighted by molar-refractivity contribution is 0.414. The number of nitrogen functional groups attached to an aromatic ring is 1. The van der Waals surface area contributed by atoms with Crippen LogP contribution < -0.4 is 10.5 Å². The molecule has 7 heteroatoms. The summed E-state index contributed by atoms with van der Waals surface area (Å²) < 4.78 is 27.4. The van der Waals surface area contributed by atoms with E-state index >= 15 is 0 Å². The predicted octanol–water partition coefficient (Wildman–Crippen LogP) is 1.92. The van der Waals surface area contributed by atoms with Crippen LogP contribution >= 0.6 is 11.6 Å². The number of nitrogens with zero attached hydrogens (tertiary/aromatic N) is 1. The molecule has 0 aliphatic heterocycles. The van der Waals surface area contributed by atoms with Crippen molar-refractivity contribution in [1.29, 1.82) is 0 Å². The Kier molecular flexibility index (Phi) is 4.24. The minimum Gasteiger partial charge on any atom is -0.397 e. The maximum absolute atomic E-state index is 11.9. The molecule has 0 unspecified atom stereocenters. The molecule has 0 atom stereocenters. The van der Waals surface area contributed by atoms with Crippen LogP contribution in [-0.4, -0.2) is 25.8 Å². The van der Waals surface area contributed by atoms with E-state index in [0.29, 0.717) is 16.4 Å². The highest BCUT2D eigenvalue weighted by Gasteiger charge is 2.20. The van der Waals surface area contributed by atoms with Crippen LogP contribution in [0, 0.1) is 0 Å². The largest absolute Gasteiger partial charge is 0.397 e. The van der Waals surface area contributed by atoms with E-state index in [-0.39, 0.29) is 6.04 Å². The molecule has 1 aromatic carbocycles. The van der Waals surface area contributed by atoms with Crippen molar-refractivity contribution >= 4 is 33.2 Å². The van der Waals surface area contributed by atoms with E-state index in [1.165, 1.54) is 17.4 Å². The molecule has 96 valence electrons. The van der Waals surface area contributed by atoms with Gasteiger partial charge in [0.1, 0.15) is 0 Å². The molecule has 0 amide bonds. The second kappa shape index (κ2) is 5.12. The number of hydrogen-bond acceptors (Lipinski definition) is 3. The van der Waals surface area contributed by atoms with Crippen LogP contribution in [0.15, 0.2) is 18.2 Å². The number of rotatable bonds is 4. The average Bonchev–Trinajstić information content (AvgIpc) is 2.22. The van der Waals surface area contributed by atoms with Gasteiger partial charge >= 0.3 is 10.2 Å². The third kappa shape index (κ3) is 3.49. The van der Waals surface area contributed by atoms with Gasteiger partial charge in [0, 0.05) is 13.1 Å². The number of benzene rings is 1. The van der Waals surface area contributed by atoms with Crippen molar-refractivity contribution in [3.05, 3.63) is 23.2 Å². The van der Waals surface area contributed by atoms with Crippen LogP contribution in [-0.2, 0) is 10.2 Å². The van der Waals surface area contributed by atoms with Crippen molar-refractivity contribution in [1.82, 2.24) is 4.31 Å². The van der Waals surface area contributed by atoms with Crippen molar-refractivity contribution < 1.29 is 8.42 Å². The molecule has 0 aromatic heterocycles. The van der Waals surface area contributed by atoms with Gasteiger partial charge in [0.2, 0.25) is 0 Å². The van der Waals surface area contributed by atoms with Gasteiger partial charge in [-0.1, -0.05) is 11.6 Å². The third-order valence-electron chi connectivity index (χ3n) is 2.35. The number of nitrogens with two attached hydrogens (primary N) is 1. The zero-order chi connectivity index (χ0) is 13.2. The van der Waals surface area contributed by atoms with Gasteiger partial charge in [-0.25, -0.2) is 0 Å². The molecule has 0 aliphatic rings. The molecule has 3 N–H and O–H groups in total. The van der Waals surface area contributed by atoms with Gasteiger partial charge in [0.15, 0.2) is 0 Å². The summed E-state index contributed by atoms with van der Waals surface area (Å²) in [5, 5.41) is 0.394. The van der Waals surface area contributed by atoms with E-state index in [4.69, 9.17) is 17.3 Å². The van der Waals surface area contributed by atoms with Gasteiger partial charge in [-0.3, -0.25) is 4.72 Å². The van der Waals surface area contributed by atoms with E-state index in [1.54, 1.807) is 26.0 Å². The Labute approximate surface area is 107 Å². The maximum Gasteiger partial charge on any atom is 0.301 e. The number of halogens is 1. The molecule has 0 fully saturated rings. The minimum absolute atomic E-state index is 0.128. The second-order valence-electron chi connectivity index (χ2n) is 3.95. The monoisotopic (exact) mass is 277 g/mol. The molecular formula is C10H16ClN3O2S. The molecule has 1 aromatic rings. The Hall–Kier alpha value is -0.980. The van der Waals surface area contributed by atoms with E-state index in [2.05, 4.69) is 4.72 Å². The first-order valence-corrected chi connectivity index (χ1v) is 6.86.